The lowest BCUT2D eigenvalue weighted by Gasteiger charge is -2.27. The van der Waals surface area contributed by atoms with Gasteiger partial charge >= 0.3 is 0 Å². The smallest absolute Gasteiger partial charge is 0.252 e. The van der Waals surface area contributed by atoms with E-state index in [0.29, 0.717) is 29.1 Å². The summed E-state index contributed by atoms with van der Waals surface area (Å²) in [6.07, 6.45) is 10.8. The van der Waals surface area contributed by atoms with E-state index >= 15 is 0 Å². The lowest BCUT2D eigenvalue weighted by atomic mass is 9.85. The molecular formula is C29H30ClN5O5. The van der Waals surface area contributed by atoms with Gasteiger partial charge in [0.1, 0.15) is 23.7 Å². The van der Waals surface area contributed by atoms with Crippen LogP contribution in [0.4, 0.5) is 5.69 Å². The Hall–Kier alpha value is -4.15. The Bertz CT molecular complexity index is 1670. The Kier molecular flexibility index (Phi) is 7.64. The van der Waals surface area contributed by atoms with Crippen LogP contribution in [0.15, 0.2) is 70.7 Å². The molecule has 3 aromatic heterocycles. The Morgan fingerprint density at radius 3 is 2.83 bits per heavy atom. The summed E-state index contributed by atoms with van der Waals surface area (Å²) in [6, 6.07) is 6.09. The number of carbonyl (C=O) groups excluding carboxylic acids is 1. The number of fused-ring (bicyclic) bond motifs is 1. The maximum absolute atomic E-state index is 13.6. The number of carbonyl (C=O) groups is 1. The average Bonchev–Trinajstić information content (AvgIpc) is 3.58. The number of halogens is 1. The normalized spacial score (nSPS) is 17.8. The second kappa shape index (κ2) is 11.1. The molecule has 3 heterocycles. The number of benzene rings is 1. The van der Waals surface area contributed by atoms with E-state index in [0.717, 1.165) is 22.0 Å². The molecule has 0 fully saturated rings. The Morgan fingerprint density at radius 2 is 2.10 bits per heavy atom. The van der Waals surface area contributed by atoms with Gasteiger partial charge in [0.15, 0.2) is 6.39 Å². The van der Waals surface area contributed by atoms with Gasteiger partial charge < -0.3 is 19.2 Å². The summed E-state index contributed by atoms with van der Waals surface area (Å²) < 4.78 is 19.3. The highest BCUT2D eigenvalue weighted by molar-refractivity contribution is 6.26. The largest absolute Gasteiger partial charge is 0.495 e. The first-order chi connectivity index (χ1) is 19.2. The molecule has 0 saturated carbocycles. The molecule has 0 radical (unpaired) electrons. The number of amides is 1. The highest BCUT2D eigenvalue weighted by Crippen LogP contribution is 2.43. The molecule has 0 bridgehead atoms. The van der Waals surface area contributed by atoms with Gasteiger partial charge in [0.05, 0.1) is 23.7 Å². The quantitative estimate of drug-likeness (QED) is 0.291. The number of nitrogens with one attached hydrogen (secondary N) is 1. The molecule has 5 rings (SSSR count). The minimum Gasteiger partial charge on any atom is -0.495 e. The van der Waals surface area contributed by atoms with Crippen molar-refractivity contribution in [2.75, 3.05) is 26.1 Å². The summed E-state index contributed by atoms with van der Waals surface area (Å²) in [5.41, 5.74) is 3.81. The van der Waals surface area contributed by atoms with Gasteiger partial charge in [0.2, 0.25) is 5.91 Å². The molecule has 1 N–H and O–H groups in total. The average molecular weight is 564 g/mol. The summed E-state index contributed by atoms with van der Waals surface area (Å²) in [6.45, 7) is 2.17. The van der Waals surface area contributed by atoms with Crippen LogP contribution in [0.25, 0.3) is 22.0 Å². The van der Waals surface area contributed by atoms with Crippen LogP contribution in [-0.2, 0) is 16.6 Å². The zero-order chi connectivity index (χ0) is 28.4. The molecule has 1 aromatic carbocycles. The van der Waals surface area contributed by atoms with Crippen LogP contribution in [-0.4, -0.2) is 50.9 Å². The zero-order valence-electron chi connectivity index (χ0n) is 22.7. The maximum atomic E-state index is 13.6. The Morgan fingerprint density at radius 1 is 1.27 bits per heavy atom. The minimum absolute atomic E-state index is 0.271. The summed E-state index contributed by atoms with van der Waals surface area (Å²) >= 11 is 6.71. The molecule has 208 valence electrons. The number of methoxy groups -OCH3 is 2. The third kappa shape index (κ3) is 5.59. The molecule has 0 spiro atoms. The van der Waals surface area contributed by atoms with Crippen molar-refractivity contribution in [2.24, 2.45) is 7.05 Å². The fourth-order valence-corrected chi connectivity index (χ4v) is 5.13. The van der Waals surface area contributed by atoms with Crippen LogP contribution in [0.1, 0.15) is 37.1 Å². The van der Waals surface area contributed by atoms with Crippen LogP contribution >= 0.6 is 11.6 Å². The first kappa shape index (κ1) is 27.4. The first-order valence-electron chi connectivity index (χ1n) is 12.7. The van der Waals surface area contributed by atoms with Crippen molar-refractivity contribution in [1.82, 2.24) is 19.3 Å². The van der Waals surface area contributed by atoms with Gasteiger partial charge in [-0.25, -0.2) is 4.98 Å². The lowest BCUT2D eigenvalue weighted by Crippen LogP contribution is -2.34. The topological polar surface area (TPSA) is 113 Å². The van der Waals surface area contributed by atoms with Crippen molar-refractivity contribution in [3.05, 3.63) is 83.1 Å². The molecule has 2 unspecified atom stereocenters. The fourth-order valence-electron chi connectivity index (χ4n) is 4.93. The van der Waals surface area contributed by atoms with Gasteiger partial charge in [-0.3, -0.25) is 18.8 Å². The van der Waals surface area contributed by atoms with E-state index < -0.39 is 10.9 Å². The number of allylic oxidation sites excluding steroid dienone is 4. The van der Waals surface area contributed by atoms with Gasteiger partial charge in [-0.05, 0) is 37.1 Å². The van der Waals surface area contributed by atoms with E-state index in [2.05, 4.69) is 15.4 Å². The lowest BCUT2D eigenvalue weighted by molar-refractivity contribution is -0.119. The molecule has 4 aromatic rings. The molecule has 40 heavy (non-hydrogen) atoms. The highest BCUT2D eigenvalue weighted by Gasteiger charge is 2.30. The number of anilines is 1. The summed E-state index contributed by atoms with van der Waals surface area (Å²) in [7, 11) is 4.91. The van der Waals surface area contributed by atoms with Crippen LogP contribution in [0.5, 0.6) is 5.75 Å². The first-order valence-corrected chi connectivity index (χ1v) is 13.1. The number of aryl methyl sites for hydroxylation is 1. The molecule has 10 nitrogen and oxygen atoms in total. The molecule has 1 aliphatic carbocycles. The standard InChI is InChI=1S/C29H30ClN5O5/c1-29(30)9-7-20(24-16-40-17-31-24)22(13-29)21-12-27(36)35(15-26(21)39-4)25(8-10-38-3)28(37)32-19-5-6-23-18(11-19)14-34(2)33-23/h5-7,9,11-12,14-17,25H,8,10,13H2,1-4H3,(H,32,37). The molecule has 2 atom stereocenters. The number of hydrogen-bond donors (Lipinski definition) is 1. The predicted octanol–water partition coefficient (Wildman–Crippen LogP) is 4.82. The summed E-state index contributed by atoms with van der Waals surface area (Å²) in [5, 5.41) is 8.20. The van der Waals surface area contributed by atoms with E-state index in [1.54, 1.807) is 24.1 Å². The van der Waals surface area contributed by atoms with Crippen LogP contribution < -0.4 is 15.6 Å². The van der Waals surface area contributed by atoms with Crippen molar-refractivity contribution in [3.8, 4) is 5.75 Å². The molecule has 0 aliphatic heterocycles. The molecule has 0 saturated heterocycles. The number of pyridine rings is 1. The van der Waals surface area contributed by atoms with Crippen molar-refractivity contribution in [2.45, 2.75) is 30.7 Å². The maximum Gasteiger partial charge on any atom is 0.252 e. The van der Waals surface area contributed by atoms with E-state index in [4.69, 9.17) is 25.5 Å². The number of hydrogen-bond acceptors (Lipinski definition) is 7. The van der Waals surface area contributed by atoms with Crippen LogP contribution in [0.3, 0.4) is 0 Å². The number of rotatable bonds is 9. The number of aromatic nitrogens is 4. The Labute approximate surface area is 235 Å². The molecule has 1 amide bonds. The Balaban J connectivity index is 1.54. The fraction of sp³-hybridized carbons (Fsp3) is 0.310. The highest BCUT2D eigenvalue weighted by atomic mass is 35.5. The summed E-state index contributed by atoms with van der Waals surface area (Å²) in [5.74, 6) is 0.0685. The number of alkyl halides is 1. The third-order valence-corrected chi connectivity index (χ3v) is 7.12. The predicted molar refractivity (Wildman–Crippen MR) is 153 cm³/mol. The molecule has 1 aliphatic rings. The van der Waals surface area contributed by atoms with Gasteiger partial charge in [-0.15, -0.1) is 11.6 Å². The van der Waals surface area contributed by atoms with E-state index in [9.17, 15) is 9.59 Å². The van der Waals surface area contributed by atoms with Gasteiger partial charge in [-0.1, -0.05) is 12.2 Å². The van der Waals surface area contributed by atoms with Crippen molar-refractivity contribution < 1.29 is 18.7 Å². The van der Waals surface area contributed by atoms with Crippen molar-refractivity contribution in [1.29, 1.82) is 0 Å². The van der Waals surface area contributed by atoms with Gasteiger partial charge in [-0.2, -0.15) is 5.10 Å². The zero-order valence-corrected chi connectivity index (χ0v) is 23.4. The number of oxazole rings is 1. The van der Waals surface area contributed by atoms with E-state index in [-0.39, 0.29) is 24.5 Å². The van der Waals surface area contributed by atoms with Crippen LogP contribution in [0, 0.1) is 0 Å². The third-order valence-electron chi connectivity index (χ3n) is 6.86. The number of nitrogens with zero attached hydrogens (tertiary/aromatic N) is 4. The monoisotopic (exact) mass is 563 g/mol. The summed E-state index contributed by atoms with van der Waals surface area (Å²) in [4.78, 5) is 30.8. The van der Waals surface area contributed by atoms with Crippen molar-refractivity contribution >= 4 is 45.2 Å². The van der Waals surface area contributed by atoms with E-state index in [1.807, 2.05) is 44.5 Å². The second-order valence-electron chi connectivity index (χ2n) is 9.92. The molecular weight excluding hydrogens is 534 g/mol. The van der Waals surface area contributed by atoms with Crippen LogP contribution in [0.2, 0.25) is 0 Å². The second-order valence-corrected chi connectivity index (χ2v) is 10.8. The number of ether oxygens (including phenoxy) is 2. The van der Waals surface area contributed by atoms with Gasteiger partial charge in [0.25, 0.3) is 5.56 Å². The minimum atomic E-state index is -0.853. The van der Waals surface area contributed by atoms with Gasteiger partial charge in [0, 0.05) is 61.7 Å². The molecule has 11 heteroatoms. The SMILES string of the molecule is COCCC(C(=O)Nc1ccc2nn(C)cc2c1)n1cc(OC)c(C2=C(c3cocn3)C=CC(C)(Cl)C2)cc1=O. The van der Waals surface area contributed by atoms with E-state index in [1.165, 1.54) is 30.4 Å². The van der Waals surface area contributed by atoms with Crippen molar-refractivity contribution in [3.63, 3.8) is 0 Å².